The molecule has 0 radical (unpaired) electrons. The van der Waals surface area contributed by atoms with Crippen LogP contribution in [-0.4, -0.2) is 69.3 Å². The van der Waals surface area contributed by atoms with Crippen LogP contribution in [0.3, 0.4) is 0 Å². The summed E-state index contributed by atoms with van der Waals surface area (Å²) in [6.45, 7) is 11.6. The van der Waals surface area contributed by atoms with Crippen LogP contribution >= 0.6 is 0 Å². The number of aliphatic hydroxyl groups excluding tert-OH is 1. The third kappa shape index (κ3) is 5.67. The molecule has 3 fully saturated rings. The number of aliphatic hydroxyl groups is 1. The zero-order valence-electron chi connectivity index (χ0n) is 24.5. The summed E-state index contributed by atoms with van der Waals surface area (Å²) in [5.41, 5.74) is 1.22. The van der Waals surface area contributed by atoms with Crippen LogP contribution in [0.1, 0.15) is 78.7 Å². The standard InChI is InChI=1S/C31H46N2O7/c1-6-18(2)25(32-27(37)24(36)17-19-9-10-22(34)23(35)16-19)28(38)33-14-7-8-21(33)29(39)40-15-12-20-11-13-31(5)26(20)30(31,3)4/h9-10,16,18,20-21,24-26,34-36H,6-8,11-15,17H2,1-5H3,(H,32,37)/t18?,20?,21-,24+,25-,26?,31?/m0/s1. The summed E-state index contributed by atoms with van der Waals surface area (Å²) in [5, 5.41) is 32.4. The minimum Gasteiger partial charge on any atom is -0.504 e. The van der Waals surface area contributed by atoms with Crippen molar-refractivity contribution in [1.82, 2.24) is 10.2 Å². The highest BCUT2D eigenvalue weighted by molar-refractivity contribution is 5.92. The highest BCUT2D eigenvalue weighted by Gasteiger charge is 2.72. The molecule has 1 aromatic carbocycles. The number of hydrogen-bond donors (Lipinski definition) is 4. The van der Waals surface area contributed by atoms with Crippen molar-refractivity contribution in [1.29, 1.82) is 0 Å². The molecule has 9 nitrogen and oxygen atoms in total. The Balaban J connectivity index is 1.33. The number of amides is 2. The van der Waals surface area contributed by atoms with Crippen molar-refractivity contribution in [3.63, 3.8) is 0 Å². The Morgan fingerprint density at radius 2 is 1.88 bits per heavy atom. The second-order valence-corrected chi connectivity index (χ2v) is 13.0. The van der Waals surface area contributed by atoms with Gasteiger partial charge in [0.15, 0.2) is 11.5 Å². The number of carbonyl (C=O) groups is 3. The molecular weight excluding hydrogens is 512 g/mol. The number of phenols is 2. The molecule has 2 aliphatic carbocycles. The van der Waals surface area contributed by atoms with Gasteiger partial charge < -0.3 is 30.3 Å². The number of phenolic OH excluding ortho intramolecular Hbond substituents is 2. The number of fused-ring (bicyclic) bond motifs is 1. The largest absolute Gasteiger partial charge is 0.504 e. The Hall–Kier alpha value is -2.81. The fourth-order valence-electron chi connectivity index (χ4n) is 7.47. The molecule has 0 spiro atoms. The van der Waals surface area contributed by atoms with Crippen molar-refractivity contribution < 1.29 is 34.4 Å². The topological polar surface area (TPSA) is 136 Å². The number of rotatable bonds is 11. The normalized spacial score (nSPS) is 28.9. The van der Waals surface area contributed by atoms with Gasteiger partial charge in [-0.25, -0.2) is 4.79 Å². The smallest absolute Gasteiger partial charge is 0.328 e. The molecule has 1 heterocycles. The predicted octanol–water partition coefficient (Wildman–Crippen LogP) is 3.53. The van der Waals surface area contributed by atoms with Crippen LogP contribution < -0.4 is 5.32 Å². The maximum Gasteiger partial charge on any atom is 0.328 e. The molecule has 0 aromatic heterocycles. The third-order valence-corrected chi connectivity index (χ3v) is 10.4. The fraction of sp³-hybridized carbons (Fsp3) is 0.710. The number of nitrogens with one attached hydrogen (secondary N) is 1. The van der Waals surface area contributed by atoms with Crippen LogP contribution in [0, 0.1) is 28.6 Å². The SMILES string of the molecule is CCC(C)[C@H](NC(=O)[C@H](O)Cc1ccc(O)c(O)c1)C(=O)N1CCC[C@H]1C(=O)OCCC1CCC2(C)C1C2(C)C. The summed E-state index contributed by atoms with van der Waals surface area (Å²) < 4.78 is 5.71. The molecule has 222 valence electrons. The quantitative estimate of drug-likeness (QED) is 0.241. The molecule has 2 amide bonds. The third-order valence-electron chi connectivity index (χ3n) is 10.4. The van der Waals surface area contributed by atoms with Crippen LogP contribution in [0.5, 0.6) is 11.5 Å². The van der Waals surface area contributed by atoms with Gasteiger partial charge in [0.25, 0.3) is 0 Å². The summed E-state index contributed by atoms with van der Waals surface area (Å²) >= 11 is 0. The number of aromatic hydroxyl groups is 2. The van der Waals surface area contributed by atoms with Crippen LogP contribution in [0.25, 0.3) is 0 Å². The summed E-state index contributed by atoms with van der Waals surface area (Å²) in [5.74, 6) is -1.06. The Labute approximate surface area is 237 Å². The van der Waals surface area contributed by atoms with Crippen LogP contribution in [0.15, 0.2) is 18.2 Å². The van der Waals surface area contributed by atoms with Gasteiger partial charge >= 0.3 is 5.97 Å². The van der Waals surface area contributed by atoms with Gasteiger partial charge in [-0.3, -0.25) is 9.59 Å². The Morgan fingerprint density at radius 1 is 1.15 bits per heavy atom. The van der Waals surface area contributed by atoms with Crippen molar-refractivity contribution in [2.24, 2.45) is 28.6 Å². The lowest BCUT2D eigenvalue weighted by atomic mass is 9.88. The van der Waals surface area contributed by atoms with Crippen molar-refractivity contribution >= 4 is 17.8 Å². The molecule has 4 rings (SSSR count). The highest BCUT2D eigenvalue weighted by atomic mass is 16.5. The lowest BCUT2D eigenvalue weighted by molar-refractivity contribution is -0.155. The molecular formula is C31H46N2O7. The number of carbonyl (C=O) groups excluding carboxylic acids is 3. The van der Waals surface area contributed by atoms with Gasteiger partial charge in [-0.15, -0.1) is 0 Å². The van der Waals surface area contributed by atoms with Gasteiger partial charge in [0.1, 0.15) is 18.2 Å². The number of nitrogens with zero attached hydrogens (tertiary/aromatic N) is 1. The molecule has 0 bridgehead atoms. The average molecular weight is 559 g/mol. The van der Waals surface area contributed by atoms with Crippen molar-refractivity contribution in [2.75, 3.05) is 13.2 Å². The van der Waals surface area contributed by atoms with Crippen LogP contribution in [-0.2, 0) is 25.5 Å². The van der Waals surface area contributed by atoms with E-state index >= 15 is 0 Å². The lowest BCUT2D eigenvalue weighted by Gasteiger charge is -2.31. The monoisotopic (exact) mass is 558 g/mol. The second kappa shape index (κ2) is 11.6. The molecule has 2 saturated carbocycles. The van der Waals surface area contributed by atoms with Gasteiger partial charge in [0.2, 0.25) is 11.8 Å². The first kappa shape index (κ1) is 30.2. The Morgan fingerprint density at radius 3 is 2.50 bits per heavy atom. The molecule has 9 heteroatoms. The van der Waals surface area contributed by atoms with Gasteiger partial charge in [-0.1, -0.05) is 47.1 Å². The Kier molecular flexibility index (Phi) is 8.74. The van der Waals surface area contributed by atoms with Gasteiger partial charge in [-0.05, 0) is 78.4 Å². The first-order valence-electron chi connectivity index (χ1n) is 14.8. The van der Waals surface area contributed by atoms with E-state index in [2.05, 4.69) is 26.1 Å². The average Bonchev–Trinajstić information content (AvgIpc) is 3.33. The zero-order valence-corrected chi connectivity index (χ0v) is 24.5. The number of ether oxygens (including phenoxy) is 1. The van der Waals surface area contributed by atoms with E-state index in [0.717, 1.165) is 6.42 Å². The molecule has 7 atom stereocenters. The molecule has 1 saturated heterocycles. The van der Waals surface area contributed by atoms with Crippen molar-refractivity contribution in [3.8, 4) is 11.5 Å². The van der Waals surface area contributed by atoms with E-state index in [0.29, 0.717) is 60.6 Å². The number of benzene rings is 1. The van der Waals surface area contributed by atoms with E-state index in [1.165, 1.54) is 35.9 Å². The highest BCUT2D eigenvalue weighted by Crippen LogP contribution is 2.78. The zero-order chi connectivity index (χ0) is 29.4. The summed E-state index contributed by atoms with van der Waals surface area (Å²) in [6, 6.07) is 2.49. The minimum atomic E-state index is -1.46. The fourth-order valence-corrected chi connectivity index (χ4v) is 7.47. The lowest BCUT2D eigenvalue weighted by Crippen LogP contribution is -2.56. The van der Waals surface area contributed by atoms with E-state index in [4.69, 9.17) is 4.74 Å². The minimum absolute atomic E-state index is 0.0993. The number of esters is 1. The second-order valence-electron chi connectivity index (χ2n) is 13.0. The first-order valence-corrected chi connectivity index (χ1v) is 14.8. The van der Waals surface area contributed by atoms with E-state index in [1.807, 2.05) is 13.8 Å². The maximum atomic E-state index is 13.7. The van der Waals surface area contributed by atoms with E-state index in [9.17, 15) is 29.7 Å². The summed E-state index contributed by atoms with van der Waals surface area (Å²) in [4.78, 5) is 41.2. The van der Waals surface area contributed by atoms with Crippen LogP contribution in [0.4, 0.5) is 0 Å². The number of hydrogen-bond acceptors (Lipinski definition) is 7. The Bertz CT molecular complexity index is 1120. The predicted molar refractivity (Wildman–Crippen MR) is 149 cm³/mol. The molecule has 4 N–H and O–H groups in total. The summed E-state index contributed by atoms with van der Waals surface area (Å²) in [7, 11) is 0. The summed E-state index contributed by atoms with van der Waals surface area (Å²) in [6.07, 6.45) is 3.49. The first-order chi connectivity index (χ1) is 18.8. The van der Waals surface area contributed by atoms with Crippen LogP contribution in [0.2, 0.25) is 0 Å². The molecule has 1 aliphatic heterocycles. The van der Waals surface area contributed by atoms with E-state index in [1.54, 1.807) is 0 Å². The molecule has 4 unspecified atom stereocenters. The molecule has 3 aliphatic rings. The van der Waals surface area contributed by atoms with Gasteiger partial charge in [-0.2, -0.15) is 0 Å². The number of likely N-dealkylation sites (tertiary alicyclic amines) is 1. The van der Waals surface area contributed by atoms with Gasteiger partial charge in [0.05, 0.1) is 6.61 Å². The van der Waals surface area contributed by atoms with Gasteiger partial charge in [0, 0.05) is 13.0 Å². The molecule has 1 aromatic rings. The van der Waals surface area contributed by atoms with Crippen molar-refractivity contribution in [2.45, 2.75) is 97.8 Å². The molecule has 40 heavy (non-hydrogen) atoms. The van der Waals surface area contributed by atoms with E-state index in [-0.39, 0.29) is 35.7 Å². The maximum absolute atomic E-state index is 13.7. The van der Waals surface area contributed by atoms with Crippen molar-refractivity contribution in [3.05, 3.63) is 23.8 Å². The van der Waals surface area contributed by atoms with E-state index < -0.39 is 24.1 Å².